The van der Waals surface area contributed by atoms with Crippen LogP contribution in [0.5, 0.6) is 11.5 Å². The summed E-state index contributed by atoms with van der Waals surface area (Å²) in [7, 11) is 3.38. The lowest BCUT2D eigenvalue weighted by molar-refractivity contribution is -0.132. The quantitative estimate of drug-likeness (QED) is 0.248. The Morgan fingerprint density at radius 3 is 1.95 bits per heavy atom. The van der Waals surface area contributed by atoms with Crippen molar-refractivity contribution in [3.63, 3.8) is 0 Å². The second-order valence-corrected chi connectivity index (χ2v) is 12.7. The number of benzene rings is 3. The van der Waals surface area contributed by atoms with Gasteiger partial charge in [-0.15, -0.1) is 11.8 Å². The Morgan fingerprint density at radius 1 is 0.811 bits per heavy atom. The van der Waals surface area contributed by atoms with Gasteiger partial charge < -0.3 is 14.4 Å². The summed E-state index contributed by atoms with van der Waals surface area (Å²) in [5, 5.41) is 0. The second-order valence-electron chi connectivity index (χ2n) is 10.0. The summed E-state index contributed by atoms with van der Waals surface area (Å²) in [6.45, 7) is 5.25. The molecule has 1 aliphatic rings. The van der Waals surface area contributed by atoms with Gasteiger partial charge in [0.05, 0.1) is 14.2 Å². The summed E-state index contributed by atoms with van der Waals surface area (Å²) in [5.41, 5.74) is 3.71. The number of amides is 1. The van der Waals surface area contributed by atoms with E-state index in [0.29, 0.717) is 6.54 Å². The number of nitrogens with zero attached hydrogens (tertiary/aromatic N) is 1. The number of carbonyl (C=O) groups excluding carboxylic acids is 1. The number of hydrogen-bond acceptors (Lipinski definition) is 5. The van der Waals surface area contributed by atoms with Gasteiger partial charge in [0, 0.05) is 40.5 Å². The van der Waals surface area contributed by atoms with Crippen molar-refractivity contribution < 1.29 is 14.3 Å². The average molecular weight is 536 g/mol. The molecule has 6 heteroatoms. The molecule has 0 spiro atoms. The van der Waals surface area contributed by atoms with Crippen molar-refractivity contribution in [3.8, 4) is 11.5 Å². The Hall–Kier alpha value is -2.57. The first-order valence-electron chi connectivity index (χ1n) is 12.7. The molecule has 4 nitrogen and oxygen atoms in total. The summed E-state index contributed by atoms with van der Waals surface area (Å²) in [4.78, 5) is 15.9. The Kier molecular flexibility index (Phi) is 9.49. The van der Waals surface area contributed by atoms with Gasteiger partial charge in [-0.3, -0.25) is 4.79 Å². The highest BCUT2D eigenvalue weighted by atomic mass is 32.2. The SMILES string of the molecule is COc1ccc(CSC[C@@H]2C[C@@H](C(C)(C)SCc3ccc(OC)cc3)N(Cc3ccccc3)C2=O)cc1. The average Bonchev–Trinajstić information content (AvgIpc) is 3.24. The number of rotatable bonds is 12. The van der Waals surface area contributed by atoms with Crippen LogP contribution in [0.4, 0.5) is 0 Å². The van der Waals surface area contributed by atoms with E-state index < -0.39 is 0 Å². The van der Waals surface area contributed by atoms with E-state index in [9.17, 15) is 4.79 Å². The number of methoxy groups -OCH3 is 2. The minimum absolute atomic E-state index is 0.0397. The Labute approximate surface area is 230 Å². The van der Waals surface area contributed by atoms with Crippen LogP contribution in [0.3, 0.4) is 0 Å². The van der Waals surface area contributed by atoms with Crippen LogP contribution in [0.2, 0.25) is 0 Å². The molecule has 4 rings (SSSR count). The molecule has 1 heterocycles. The first-order valence-corrected chi connectivity index (χ1v) is 14.9. The van der Waals surface area contributed by atoms with Gasteiger partial charge in [-0.25, -0.2) is 0 Å². The van der Waals surface area contributed by atoms with Gasteiger partial charge >= 0.3 is 0 Å². The van der Waals surface area contributed by atoms with E-state index in [2.05, 4.69) is 67.3 Å². The smallest absolute Gasteiger partial charge is 0.227 e. The fraction of sp³-hybridized carbons (Fsp3) is 0.387. The molecule has 1 amide bonds. The molecule has 2 atom stereocenters. The lowest BCUT2D eigenvalue weighted by Gasteiger charge is -2.37. The maximum Gasteiger partial charge on any atom is 0.227 e. The normalized spacial score (nSPS) is 17.7. The van der Waals surface area contributed by atoms with E-state index >= 15 is 0 Å². The number of ether oxygens (including phenoxy) is 2. The Morgan fingerprint density at radius 2 is 1.38 bits per heavy atom. The van der Waals surface area contributed by atoms with Crippen LogP contribution >= 0.6 is 23.5 Å². The topological polar surface area (TPSA) is 38.8 Å². The predicted molar refractivity (Wildman–Crippen MR) is 156 cm³/mol. The molecule has 0 unspecified atom stereocenters. The molecule has 0 aromatic heterocycles. The second kappa shape index (κ2) is 12.8. The summed E-state index contributed by atoms with van der Waals surface area (Å²) in [6, 6.07) is 27.0. The zero-order chi connectivity index (χ0) is 26.3. The maximum absolute atomic E-state index is 13.7. The van der Waals surface area contributed by atoms with Gasteiger partial charge in [-0.05, 0) is 61.2 Å². The minimum atomic E-state index is -0.0836. The third-order valence-corrected chi connectivity index (χ3v) is 9.70. The molecule has 0 saturated carbocycles. The molecule has 3 aromatic rings. The molecular weight excluding hydrogens is 498 g/mol. The monoisotopic (exact) mass is 535 g/mol. The van der Waals surface area contributed by atoms with Crippen LogP contribution in [0, 0.1) is 5.92 Å². The largest absolute Gasteiger partial charge is 0.497 e. The summed E-state index contributed by atoms with van der Waals surface area (Å²) < 4.78 is 10.5. The predicted octanol–water partition coefficient (Wildman–Crippen LogP) is 7.07. The molecule has 1 fully saturated rings. The van der Waals surface area contributed by atoms with Gasteiger partial charge in [0.15, 0.2) is 0 Å². The van der Waals surface area contributed by atoms with Crippen molar-refractivity contribution >= 4 is 29.4 Å². The van der Waals surface area contributed by atoms with E-state index in [-0.39, 0.29) is 22.6 Å². The number of likely N-dealkylation sites (tertiary alicyclic amines) is 1. The standard InChI is InChI=1S/C31H37NO3S2/c1-31(2,37-21-25-12-16-28(35-4)17-13-25)29-18-26(22-36-20-24-10-14-27(34-3)15-11-24)30(33)32(29)19-23-8-6-5-7-9-23/h5-17,26,29H,18-22H2,1-4H3/t26-,29-/m0/s1. The first-order chi connectivity index (χ1) is 17.9. The molecule has 196 valence electrons. The molecule has 0 aliphatic carbocycles. The van der Waals surface area contributed by atoms with Crippen LogP contribution in [-0.4, -0.2) is 41.6 Å². The van der Waals surface area contributed by atoms with Crippen molar-refractivity contribution in [1.82, 2.24) is 4.90 Å². The van der Waals surface area contributed by atoms with Gasteiger partial charge in [0.2, 0.25) is 5.91 Å². The summed E-state index contributed by atoms with van der Waals surface area (Å²) in [6.07, 6.45) is 0.893. The number of hydrogen-bond donors (Lipinski definition) is 0. The van der Waals surface area contributed by atoms with Crippen LogP contribution in [0.1, 0.15) is 37.0 Å². The summed E-state index contributed by atoms with van der Waals surface area (Å²) >= 11 is 3.78. The molecule has 0 bridgehead atoms. The lowest BCUT2D eigenvalue weighted by atomic mass is 9.97. The van der Waals surface area contributed by atoms with E-state index in [1.54, 1.807) is 14.2 Å². The molecule has 1 saturated heterocycles. The Bertz CT molecular complexity index is 1130. The lowest BCUT2D eigenvalue weighted by Crippen LogP contribution is -2.45. The van der Waals surface area contributed by atoms with Crippen molar-refractivity contribution in [2.24, 2.45) is 5.92 Å². The van der Waals surface area contributed by atoms with Crippen molar-refractivity contribution in [2.75, 3.05) is 20.0 Å². The van der Waals surface area contributed by atoms with Crippen LogP contribution < -0.4 is 9.47 Å². The highest BCUT2D eigenvalue weighted by molar-refractivity contribution is 8.00. The third kappa shape index (κ3) is 7.26. The third-order valence-electron chi connectivity index (χ3n) is 7.03. The first kappa shape index (κ1) is 27.5. The highest BCUT2D eigenvalue weighted by Gasteiger charge is 2.46. The fourth-order valence-corrected chi connectivity index (χ4v) is 7.04. The van der Waals surface area contributed by atoms with Crippen molar-refractivity contribution in [3.05, 3.63) is 95.6 Å². The minimum Gasteiger partial charge on any atom is -0.497 e. The molecule has 0 N–H and O–H groups in total. The zero-order valence-electron chi connectivity index (χ0n) is 22.2. The maximum atomic E-state index is 13.7. The highest BCUT2D eigenvalue weighted by Crippen LogP contribution is 2.42. The number of thioether (sulfide) groups is 2. The van der Waals surface area contributed by atoms with E-state index in [1.807, 2.05) is 53.9 Å². The molecular formula is C31H37NO3S2. The number of carbonyl (C=O) groups is 1. The fourth-order valence-electron chi connectivity index (χ4n) is 4.78. The molecule has 0 radical (unpaired) electrons. The van der Waals surface area contributed by atoms with E-state index in [0.717, 1.165) is 35.2 Å². The summed E-state index contributed by atoms with van der Waals surface area (Å²) in [5.74, 6) is 4.70. The van der Waals surface area contributed by atoms with Crippen LogP contribution in [-0.2, 0) is 22.8 Å². The van der Waals surface area contributed by atoms with Gasteiger partial charge in [0.1, 0.15) is 11.5 Å². The van der Waals surface area contributed by atoms with Crippen LogP contribution in [0.15, 0.2) is 78.9 Å². The van der Waals surface area contributed by atoms with E-state index in [1.165, 1.54) is 16.7 Å². The Balaban J connectivity index is 1.43. The van der Waals surface area contributed by atoms with E-state index in [4.69, 9.17) is 9.47 Å². The van der Waals surface area contributed by atoms with Gasteiger partial charge in [-0.1, -0.05) is 54.6 Å². The van der Waals surface area contributed by atoms with Gasteiger partial charge in [0.25, 0.3) is 0 Å². The molecule has 3 aromatic carbocycles. The van der Waals surface area contributed by atoms with Crippen molar-refractivity contribution in [2.45, 2.75) is 49.1 Å². The zero-order valence-corrected chi connectivity index (χ0v) is 23.8. The molecule has 1 aliphatic heterocycles. The van der Waals surface area contributed by atoms with Crippen LogP contribution in [0.25, 0.3) is 0 Å². The van der Waals surface area contributed by atoms with Crippen molar-refractivity contribution in [1.29, 1.82) is 0 Å². The molecule has 37 heavy (non-hydrogen) atoms. The van der Waals surface area contributed by atoms with Gasteiger partial charge in [-0.2, -0.15) is 11.8 Å².